The van der Waals surface area contributed by atoms with Crippen LogP contribution in [-0.4, -0.2) is 55.7 Å². The van der Waals surface area contributed by atoms with Crippen molar-refractivity contribution in [1.29, 1.82) is 0 Å². The van der Waals surface area contributed by atoms with Crippen molar-refractivity contribution in [2.75, 3.05) is 34.3 Å². The molecule has 0 bridgehead atoms. The molecule has 0 spiro atoms. The number of carbonyl (C=O) groups is 1. The number of unbranched alkanes of at least 4 members (excludes halogenated alkanes) is 1. The van der Waals surface area contributed by atoms with Crippen LogP contribution in [-0.2, 0) is 18.6 Å². The van der Waals surface area contributed by atoms with Crippen molar-refractivity contribution in [3.05, 3.63) is 12.2 Å². The van der Waals surface area contributed by atoms with E-state index in [9.17, 15) is 14.3 Å². The van der Waals surface area contributed by atoms with Crippen LogP contribution in [0, 0.1) is 0 Å². The van der Waals surface area contributed by atoms with Gasteiger partial charge in [-0.1, -0.05) is 6.58 Å². The largest absolute Gasteiger partial charge is 0.756 e. The van der Waals surface area contributed by atoms with Gasteiger partial charge < -0.3 is 23.5 Å². The van der Waals surface area contributed by atoms with E-state index in [0.717, 1.165) is 17.4 Å². The summed E-state index contributed by atoms with van der Waals surface area (Å²) in [6, 6.07) is 0. The fourth-order valence-corrected chi connectivity index (χ4v) is 2.58. The number of esters is 1. The molecule has 1 N–H and O–H groups in total. The van der Waals surface area contributed by atoms with Gasteiger partial charge in [0.1, 0.15) is 0 Å². The molecule has 0 heterocycles. The molecule has 0 saturated heterocycles. The number of hydrogen-bond donors (Lipinski definition) is 1. The van der Waals surface area contributed by atoms with E-state index in [1.165, 1.54) is 0 Å². The minimum atomic E-state index is -4.74. The van der Waals surface area contributed by atoms with Gasteiger partial charge in [0, 0.05) is 5.57 Å². The second kappa shape index (κ2) is 10.2. The molecule has 0 amide bonds. The Balaban J connectivity index is 4.14. The van der Waals surface area contributed by atoms with Gasteiger partial charge in [0.25, 0.3) is 7.82 Å². The first-order valence-electron chi connectivity index (χ1n) is 7.76. The van der Waals surface area contributed by atoms with Crippen molar-refractivity contribution in [2.45, 2.75) is 45.1 Å². The lowest BCUT2D eigenvalue weighted by atomic mass is 10.1. The molecule has 23 heavy (non-hydrogen) atoms. The zero-order chi connectivity index (χ0) is 18.1. The van der Waals surface area contributed by atoms with Crippen molar-refractivity contribution in [1.82, 2.24) is 0 Å². The Bertz CT molecular complexity index is 426. The number of nitrogens with zero attached hydrogens (tertiary/aromatic N) is 1. The molecule has 0 saturated carbocycles. The third kappa shape index (κ3) is 14.6. The summed E-state index contributed by atoms with van der Waals surface area (Å²) in [7, 11) is 1.42. The third-order valence-electron chi connectivity index (χ3n) is 3.14. The van der Waals surface area contributed by atoms with E-state index in [4.69, 9.17) is 14.2 Å². The smallest absolute Gasteiger partial charge is 0.333 e. The van der Waals surface area contributed by atoms with E-state index >= 15 is 0 Å². The number of quaternary nitrogens is 1. The Morgan fingerprint density at radius 2 is 1.83 bits per heavy atom. The minimum Gasteiger partial charge on any atom is -0.756 e. The lowest BCUT2D eigenvalue weighted by Gasteiger charge is -2.27. The van der Waals surface area contributed by atoms with Gasteiger partial charge in [0.2, 0.25) is 0 Å². The van der Waals surface area contributed by atoms with Gasteiger partial charge >= 0.3 is 5.97 Å². The van der Waals surface area contributed by atoms with Crippen LogP contribution in [0.25, 0.3) is 0 Å². The summed E-state index contributed by atoms with van der Waals surface area (Å²) < 4.78 is 21.4. The summed E-state index contributed by atoms with van der Waals surface area (Å²) in [4.78, 5) is 31.0. The van der Waals surface area contributed by atoms with Crippen molar-refractivity contribution in [3.63, 3.8) is 0 Å². The highest BCUT2D eigenvalue weighted by atomic mass is 31.2. The van der Waals surface area contributed by atoms with Crippen LogP contribution in [0.5, 0.6) is 0 Å². The molecule has 2 unspecified atom stereocenters. The Morgan fingerprint density at radius 1 is 1.26 bits per heavy atom. The van der Waals surface area contributed by atoms with Gasteiger partial charge in [-0.25, -0.2) is 4.79 Å². The molecule has 0 aliphatic heterocycles. The maximum absolute atomic E-state index is 11.2. The van der Waals surface area contributed by atoms with Crippen LogP contribution in [0.4, 0.5) is 0 Å². The summed E-state index contributed by atoms with van der Waals surface area (Å²) in [5.74, 6) is -0.430. The van der Waals surface area contributed by atoms with E-state index in [-0.39, 0.29) is 6.61 Å². The molecule has 0 aromatic carbocycles. The average Bonchev–Trinajstić information content (AvgIpc) is 2.34. The highest BCUT2D eigenvalue weighted by Gasteiger charge is 2.17. The van der Waals surface area contributed by atoms with E-state index in [0.29, 0.717) is 31.3 Å². The number of phosphoric ester groups is 1. The van der Waals surface area contributed by atoms with Crippen molar-refractivity contribution in [3.8, 4) is 0 Å². The highest BCUT2D eigenvalue weighted by Crippen LogP contribution is 2.35. The third-order valence-corrected chi connectivity index (χ3v) is 3.70. The van der Waals surface area contributed by atoms with Crippen LogP contribution in [0.2, 0.25) is 0 Å². The average molecular weight is 351 g/mol. The highest BCUT2D eigenvalue weighted by molar-refractivity contribution is 7.44. The molecule has 0 radical (unpaired) electrons. The number of phosphoric acid groups is 1. The minimum absolute atomic E-state index is 0.255. The molecular weight excluding hydrogens is 321 g/mol. The van der Waals surface area contributed by atoms with Gasteiger partial charge in [-0.3, -0.25) is 4.57 Å². The standard InChI is InChI=1S/C15H30NO6P/c1-13(2)15(17)21-12-7-6-9-14(22-23(18,19)20)10-8-11-16(3,4)5/h14H,1,6-12H2,2-5H3,(H-,18,19,20). The van der Waals surface area contributed by atoms with E-state index < -0.39 is 19.9 Å². The summed E-state index contributed by atoms with van der Waals surface area (Å²) >= 11 is 0. The molecule has 0 rings (SSSR count). The zero-order valence-corrected chi connectivity index (χ0v) is 15.5. The van der Waals surface area contributed by atoms with Crippen LogP contribution in [0.3, 0.4) is 0 Å². The Hall–Kier alpha value is -0.720. The van der Waals surface area contributed by atoms with Gasteiger partial charge in [-0.15, -0.1) is 0 Å². The van der Waals surface area contributed by atoms with Gasteiger partial charge in [-0.05, 0) is 39.0 Å². The maximum Gasteiger partial charge on any atom is 0.333 e. The Kier molecular flexibility index (Phi) is 9.89. The molecule has 0 aromatic heterocycles. The Morgan fingerprint density at radius 3 is 2.30 bits per heavy atom. The first-order chi connectivity index (χ1) is 10.4. The number of ether oxygens (including phenoxy) is 1. The molecule has 8 heteroatoms. The van der Waals surface area contributed by atoms with Gasteiger partial charge in [0.05, 0.1) is 40.4 Å². The van der Waals surface area contributed by atoms with Crippen LogP contribution in [0.1, 0.15) is 39.0 Å². The predicted octanol–water partition coefficient (Wildman–Crippen LogP) is 1.61. The van der Waals surface area contributed by atoms with E-state index in [1.54, 1.807) is 6.92 Å². The van der Waals surface area contributed by atoms with E-state index in [1.807, 2.05) is 0 Å². The van der Waals surface area contributed by atoms with Crippen LogP contribution < -0.4 is 4.89 Å². The van der Waals surface area contributed by atoms with Gasteiger partial charge in [0.15, 0.2) is 0 Å². The molecule has 136 valence electrons. The van der Waals surface area contributed by atoms with Crippen molar-refractivity contribution < 1.29 is 32.9 Å². The summed E-state index contributed by atoms with van der Waals surface area (Å²) in [6.45, 7) is 6.20. The van der Waals surface area contributed by atoms with Crippen LogP contribution >= 0.6 is 7.82 Å². The van der Waals surface area contributed by atoms with Gasteiger partial charge in [-0.2, -0.15) is 0 Å². The predicted molar refractivity (Wildman–Crippen MR) is 86.5 cm³/mol. The second-order valence-corrected chi connectivity index (χ2v) is 7.91. The first-order valence-corrected chi connectivity index (χ1v) is 9.25. The second-order valence-electron chi connectivity index (χ2n) is 6.76. The topological polar surface area (TPSA) is 95.9 Å². The summed E-state index contributed by atoms with van der Waals surface area (Å²) in [5, 5.41) is 0. The quantitative estimate of drug-likeness (QED) is 0.189. The first kappa shape index (κ1) is 22.3. The zero-order valence-electron chi connectivity index (χ0n) is 14.6. The molecular formula is C15H30NO6P. The van der Waals surface area contributed by atoms with Crippen LogP contribution in [0.15, 0.2) is 12.2 Å². The fraction of sp³-hybridized carbons (Fsp3) is 0.800. The van der Waals surface area contributed by atoms with Crippen molar-refractivity contribution in [2.24, 2.45) is 0 Å². The molecule has 0 aliphatic carbocycles. The molecule has 0 aromatic rings. The summed E-state index contributed by atoms with van der Waals surface area (Å²) in [5.41, 5.74) is 0.346. The molecule has 0 fully saturated rings. The number of hydrogen-bond acceptors (Lipinski definition) is 5. The normalized spacial score (nSPS) is 15.7. The van der Waals surface area contributed by atoms with Crippen molar-refractivity contribution >= 4 is 13.8 Å². The molecule has 2 atom stereocenters. The number of rotatable bonds is 12. The lowest BCUT2D eigenvalue weighted by Crippen LogP contribution is -2.35. The monoisotopic (exact) mass is 351 g/mol. The van der Waals surface area contributed by atoms with E-state index in [2.05, 4.69) is 27.7 Å². The number of carbonyl (C=O) groups excluding carboxylic acids is 1. The fourth-order valence-electron chi connectivity index (χ4n) is 1.99. The SMILES string of the molecule is C=C(C)C(=O)OCCCCC(CCC[N+](C)(C)C)OP(=O)([O-])O. The lowest BCUT2D eigenvalue weighted by molar-refractivity contribution is -0.870. The Labute approximate surface area is 139 Å². The summed E-state index contributed by atoms with van der Waals surface area (Å²) in [6.07, 6.45) is 2.51. The molecule has 0 aliphatic rings. The molecule has 7 nitrogen and oxygen atoms in total. The maximum atomic E-state index is 11.2.